The molecule has 1 aromatic rings. The second-order valence-corrected chi connectivity index (χ2v) is 7.03. The molecule has 0 radical (unpaired) electrons. The van der Waals surface area contributed by atoms with E-state index in [1.165, 1.54) is 17.9 Å². The maximum Gasteiger partial charge on any atom is 0.261 e. The Morgan fingerprint density at radius 2 is 2.12 bits per heavy atom. The smallest absolute Gasteiger partial charge is 0.261 e. The zero-order valence-electron chi connectivity index (χ0n) is 13.6. The summed E-state index contributed by atoms with van der Waals surface area (Å²) in [6, 6.07) is 1.11. The first kappa shape index (κ1) is 16.5. The molecule has 0 unspecified atom stereocenters. The predicted octanol–water partition coefficient (Wildman–Crippen LogP) is 2.28. The quantitative estimate of drug-likeness (QED) is 0.882. The summed E-state index contributed by atoms with van der Waals surface area (Å²) in [5.41, 5.74) is 0.129. The van der Waals surface area contributed by atoms with Crippen molar-refractivity contribution in [2.75, 3.05) is 13.2 Å². The van der Waals surface area contributed by atoms with Crippen molar-refractivity contribution in [3.63, 3.8) is 0 Å². The third kappa shape index (κ3) is 2.72. The Balaban J connectivity index is 1.72. The molecule has 2 atom stereocenters. The van der Waals surface area contributed by atoms with Crippen LogP contribution in [0, 0.1) is 12.7 Å². The molecule has 2 fully saturated rings. The van der Waals surface area contributed by atoms with Crippen LogP contribution in [0.4, 0.5) is 13.2 Å². The summed E-state index contributed by atoms with van der Waals surface area (Å²) >= 11 is 0. The highest BCUT2D eigenvalue weighted by Crippen LogP contribution is 2.44. The molecular weight excluding hydrogens is 339 g/mol. The molecule has 136 valence electrons. The number of fused-ring (bicyclic) bond motifs is 2. The number of carbonyl (C=O) groups excluding carboxylic acids is 1. The van der Waals surface area contributed by atoms with Crippen LogP contribution in [0.3, 0.4) is 0 Å². The lowest BCUT2D eigenvalue weighted by molar-refractivity contribution is -0.135. The maximum absolute atomic E-state index is 14.6. The van der Waals surface area contributed by atoms with E-state index < -0.39 is 42.7 Å². The number of rotatable bonds is 2. The Morgan fingerprint density at radius 3 is 2.80 bits per heavy atom. The third-order valence-corrected chi connectivity index (χ3v) is 5.00. The average molecular weight is 357 g/mol. The standard InChI is InChI=1S/C17H18F3NO4/c1-8-2-12-13(15(14(8)18)25-11-4-17(19,20)5-11)16(23)21-6-10(22)3-9(21)7-24-12/h2,9-11,22H,3-7H2,1H3/t9-,10-/m1/s1. The molecular formula is C17H18F3NO4. The van der Waals surface area contributed by atoms with Crippen LogP contribution in [0.1, 0.15) is 35.2 Å². The summed E-state index contributed by atoms with van der Waals surface area (Å²) in [7, 11) is 0. The van der Waals surface area contributed by atoms with Crippen LogP contribution >= 0.6 is 0 Å². The number of carbonyl (C=O) groups is 1. The van der Waals surface area contributed by atoms with E-state index in [4.69, 9.17) is 9.47 Å². The zero-order valence-corrected chi connectivity index (χ0v) is 13.6. The molecule has 0 spiro atoms. The maximum atomic E-state index is 14.6. The normalized spacial score (nSPS) is 27.9. The number of amides is 1. The molecule has 8 heteroatoms. The van der Waals surface area contributed by atoms with Gasteiger partial charge >= 0.3 is 0 Å². The monoisotopic (exact) mass is 357 g/mol. The van der Waals surface area contributed by atoms with Crippen molar-refractivity contribution in [3.8, 4) is 11.5 Å². The lowest BCUT2D eigenvalue weighted by Gasteiger charge is -2.35. The molecule has 2 aliphatic heterocycles. The average Bonchev–Trinajstić information content (AvgIpc) is 2.83. The van der Waals surface area contributed by atoms with Gasteiger partial charge in [0.2, 0.25) is 0 Å². The van der Waals surface area contributed by atoms with E-state index in [0.29, 0.717) is 6.42 Å². The van der Waals surface area contributed by atoms with Crippen LogP contribution in [-0.4, -0.2) is 53.2 Å². The van der Waals surface area contributed by atoms with Crippen LogP contribution in [0.2, 0.25) is 0 Å². The summed E-state index contributed by atoms with van der Waals surface area (Å²) < 4.78 is 51.9. The minimum absolute atomic E-state index is 0.0880. The fraction of sp³-hybridized carbons (Fsp3) is 0.588. The number of hydrogen-bond acceptors (Lipinski definition) is 4. The van der Waals surface area contributed by atoms with Crippen molar-refractivity contribution < 1.29 is 32.5 Å². The van der Waals surface area contributed by atoms with Gasteiger partial charge in [0, 0.05) is 19.4 Å². The van der Waals surface area contributed by atoms with E-state index >= 15 is 0 Å². The topological polar surface area (TPSA) is 59.0 Å². The largest absolute Gasteiger partial charge is 0.490 e. The lowest BCUT2D eigenvalue weighted by Crippen LogP contribution is -2.43. The number of alkyl halides is 2. The SMILES string of the molecule is Cc1cc2c(c(OC3CC(F)(F)C3)c1F)C(=O)N1C[C@H](O)C[C@@H]1CO2. The van der Waals surface area contributed by atoms with E-state index in [1.54, 1.807) is 0 Å². The van der Waals surface area contributed by atoms with Gasteiger partial charge in [0.1, 0.15) is 24.0 Å². The minimum Gasteiger partial charge on any atom is -0.490 e. The molecule has 0 aromatic heterocycles. The van der Waals surface area contributed by atoms with Crippen LogP contribution < -0.4 is 9.47 Å². The van der Waals surface area contributed by atoms with Gasteiger partial charge in [-0.15, -0.1) is 0 Å². The molecule has 2 heterocycles. The molecule has 25 heavy (non-hydrogen) atoms. The fourth-order valence-corrected chi connectivity index (χ4v) is 3.64. The zero-order chi connectivity index (χ0) is 17.9. The molecule has 1 N–H and O–H groups in total. The van der Waals surface area contributed by atoms with Gasteiger partial charge in [-0.1, -0.05) is 0 Å². The highest BCUT2D eigenvalue weighted by molar-refractivity contribution is 6.00. The number of aryl methyl sites for hydroxylation is 1. The third-order valence-electron chi connectivity index (χ3n) is 5.00. The molecule has 1 saturated carbocycles. The molecule has 4 rings (SSSR count). The van der Waals surface area contributed by atoms with Crippen LogP contribution in [0.5, 0.6) is 11.5 Å². The summed E-state index contributed by atoms with van der Waals surface area (Å²) in [6.45, 7) is 1.81. The van der Waals surface area contributed by atoms with Crippen molar-refractivity contribution in [1.29, 1.82) is 0 Å². The van der Waals surface area contributed by atoms with Crippen molar-refractivity contribution >= 4 is 5.91 Å². The van der Waals surface area contributed by atoms with Gasteiger partial charge in [-0.2, -0.15) is 0 Å². The van der Waals surface area contributed by atoms with Crippen molar-refractivity contribution in [3.05, 3.63) is 23.0 Å². The van der Waals surface area contributed by atoms with E-state index in [1.807, 2.05) is 0 Å². The van der Waals surface area contributed by atoms with Crippen molar-refractivity contribution in [1.82, 2.24) is 4.90 Å². The second-order valence-electron chi connectivity index (χ2n) is 7.03. The van der Waals surface area contributed by atoms with Gasteiger partial charge in [0.15, 0.2) is 11.6 Å². The highest BCUT2D eigenvalue weighted by atomic mass is 19.3. The first-order valence-electron chi connectivity index (χ1n) is 8.24. The molecule has 1 aliphatic carbocycles. The first-order valence-corrected chi connectivity index (χ1v) is 8.24. The van der Waals surface area contributed by atoms with Crippen molar-refractivity contribution in [2.45, 2.75) is 50.4 Å². The number of hydrogen-bond donors (Lipinski definition) is 1. The molecule has 3 aliphatic rings. The minimum atomic E-state index is -2.81. The molecule has 1 saturated heterocycles. The van der Waals surface area contributed by atoms with E-state index in [2.05, 4.69) is 0 Å². The molecule has 1 amide bonds. The Morgan fingerprint density at radius 1 is 1.40 bits per heavy atom. The van der Waals surface area contributed by atoms with Gasteiger partial charge in [-0.3, -0.25) is 4.79 Å². The predicted molar refractivity (Wildman–Crippen MR) is 80.7 cm³/mol. The summed E-state index contributed by atoms with van der Waals surface area (Å²) in [6.07, 6.45) is -2.13. The highest BCUT2D eigenvalue weighted by Gasteiger charge is 2.48. The van der Waals surface area contributed by atoms with Gasteiger partial charge in [0.05, 0.1) is 12.1 Å². The van der Waals surface area contributed by atoms with Crippen LogP contribution in [-0.2, 0) is 0 Å². The van der Waals surface area contributed by atoms with E-state index in [-0.39, 0.29) is 41.8 Å². The van der Waals surface area contributed by atoms with E-state index in [0.717, 1.165) is 0 Å². The van der Waals surface area contributed by atoms with Gasteiger partial charge < -0.3 is 19.5 Å². The van der Waals surface area contributed by atoms with Gasteiger partial charge in [0.25, 0.3) is 11.8 Å². The van der Waals surface area contributed by atoms with Crippen LogP contribution in [0.25, 0.3) is 0 Å². The Hall–Kier alpha value is -1.96. The number of aliphatic hydroxyl groups is 1. The van der Waals surface area contributed by atoms with E-state index in [9.17, 15) is 23.1 Å². The van der Waals surface area contributed by atoms with Gasteiger partial charge in [-0.25, -0.2) is 13.2 Å². The number of halogens is 3. The van der Waals surface area contributed by atoms with Crippen LogP contribution in [0.15, 0.2) is 6.07 Å². The second kappa shape index (κ2) is 5.52. The first-order chi connectivity index (χ1) is 11.7. The Labute approximate surface area is 142 Å². The number of aliphatic hydroxyl groups excluding tert-OH is 1. The molecule has 5 nitrogen and oxygen atoms in total. The van der Waals surface area contributed by atoms with Crippen molar-refractivity contribution in [2.24, 2.45) is 0 Å². The number of benzene rings is 1. The number of ether oxygens (including phenoxy) is 2. The molecule has 0 bridgehead atoms. The number of nitrogens with zero attached hydrogens (tertiary/aromatic N) is 1. The summed E-state index contributed by atoms with van der Waals surface area (Å²) in [5, 5.41) is 9.80. The summed E-state index contributed by atoms with van der Waals surface area (Å²) in [4.78, 5) is 14.3. The summed E-state index contributed by atoms with van der Waals surface area (Å²) in [5.74, 6) is -4.21. The lowest BCUT2D eigenvalue weighted by atomic mass is 9.90. The van der Waals surface area contributed by atoms with Gasteiger partial charge in [-0.05, 0) is 25.0 Å². The fourth-order valence-electron chi connectivity index (χ4n) is 3.64. The molecule has 1 aromatic carbocycles. The Bertz CT molecular complexity index is 731. The Kier molecular flexibility index (Phi) is 3.64.